The first-order valence-electron chi connectivity index (χ1n) is 8.94. The van der Waals surface area contributed by atoms with Gasteiger partial charge in [0, 0.05) is 25.2 Å². The third-order valence-corrected chi connectivity index (χ3v) is 4.81. The van der Waals surface area contributed by atoms with Gasteiger partial charge in [-0.25, -0.2) is 0 Å². The number of nitrogens with one attached hydrogen (secondary N) is 1. The molecule has 5 heteroatoms. The van der Waals surface area contributed by atoms with Crippen LogP contribution < -0.4 is 14.8 Å². The number of aryl methyl sites for hydroxylation is 2. The molecular weight excluding hydrogens is 328 g/mol. The minimum Gasteiger partial charge on any atom is -0.496 e. The van der Waals surface area contributed by atoms with E-state index in [-0.39, 0.29) is 18.6 Å². The molecule has 1 unspecified atom stereocenters. The largest absolute Gasteiger partial charge is 0.496 e. The van der Waals surface area contributed by atoms with Gasteiger partial charge in [0.2, 0.25) is 0 Å². The maximum Gasteiger partial charge on any atom is 0.261 e. The van der Waals surface area contributed by atoms with E-state index in [2.05, 4.69) is 5.32 Å². The number of carbonyl (C=O) groups is 1. The predicted octanol–water partition coefficient (Wildman–Crippen LogP) is 2.86. The van der Waals surface area contributed by atoms with Crippen molar-refractivity contribution in [3.05, 3.63) is 59.2 Å². The summed E-state index contributed by atoms with van der Waals surface area (Å²) in [5.41, 5.74) is 3.10. The van der Waals surface area contributed by atoms with E-state index in [4.69, 9.17) is 9.47 Å². The average Bonchev–Trinajstić information content (AvgIpc) is 2.67. The lowest BCUT2D eigenvalue weighted by Crippen LogP contribution is -2.50. The number of methoxy groups -OCH3 is 1. The van der Waals surface area contributed by atoms with Crippen molar-refractivity contribution in [2.24, 2.45) is 0 Å². The number of carbonyl (C=O) groups excluding carboxylic acids is 1. The van der Waals surface area contributed by atoms with E-state index in [0.717, 1.165) is 34.7 Å². The highest BCUT2D eigenvalue weighted by Crippen LogP contribution is 2.30. The van der Waals surface area contributed by atoms with Gasteiger partial charge in [0.15, 0.2) is 6.61 Å². The third kappa shape index (κ3) is 3.83. The van der Waals surface area contributed by atoms with Crippen LogP contribution in [-0.4, -0.2) is 44.2 Å². The Bertz CT molecular complexity index is 755. The molecule has 2 aromatic carbocycles. The molecule has 1 atom stereocenters. The maximum absolute atomic E-state index is 12.9. The fourth-order valence-corrected chi connectivity index (χ4v) is 3.47. The maximum atomic E-state index is 12.9. The van der Waals surface area contributed by atoms with Gasteiger partial charge in [-0.1, -0.05) is 36.4 Å². The van der Waals surface area contributed by atoms with Gasteiger partial charge in [0.1, 0.15) is 11.5 Å². The molecule has 0 aromatic heterocycles. The molecule has 1 aliphatic heterocycles. The fraction of sp³-hybridized carbons (Fsp3) is 0.381. The smallest absolute Gasteiger partial charge is 0.261 e. The second-order valence-electron chi connectivity index (χ2n) is 6.56. The van der Waals surface area contributed by atoms with Crippen LogP contribution in [0.2, 0.25) is 0 Å². The Morgan fingerprint density at radius 1 is 1.15 bits per heavy atom. The number of nitrogens with zero attached hydrogens (tertiary/aromatic N) is 1. The summed E-state index contributed by atoms with van der Waals surface area (Å²) >= 11 is 0. The zero-order valence-electron chi connectivity index (χ0n) is 15.6. The Labute approximate surface area is 154 Å². The molecule has 1 amide bonds. The summed E-state index contributed by atoms with van der Waals surface area (Å²) in [4.78, 5) is 14.8. The zero-order chi connectivity index (χ0) is 18.5. The first kappa shape index (κ1) is 18.3. The Kier molecular flexibility index (Phi) is 5.78. The number of piperazine rings is 1. The molecule has 1 saturated heterocycles. The van der Waals surface area contributed by atoms with E-state index in [1.807, 2.05) is 61.2 Å². The van der Waals surface area contributed by atoms with Gasteiger partial charge in [0.05, 0.1) is 13.2 Å². The lowest BCUT2D eigenvalue weighted by Gasteiger charge is -2.37. The highest BCUT2D eigenvalue weighted by molar-refractivity contribution is 5.78. The number of benzene rings is 2. The molecule has 1 fully saturated rings. The van der Waals surface area contributed by atoms with Gasteiger partial charge in [-0.15, -0.1) is 0 Å². The number of rotatable bonds is 5. The third-order valence-electron chi connectivity index (χ3n) is 4.81. The van der Waals surface area contributed by atoms with Gasteiger partial charge in [-0.3, -0.25) is 4.79 Å². The fourth-order valence-electron chi connectivity index (χ4n) is 3.47. The SMILES string of the molecule is COc1ccccc1C1CNCCN1C(=O)COc1c(C)cccc1C. The molecule has 1 N–H and O–H groups in total. The van der Waals surface area contributed by atoms with Crippen molar-refractivity contribution in [1.29, 1.82) is 0 Å². The van der Waals surface area contributed by atoms with E-state index in [1.165, 1.54) is 0 Å². The van der Waals surface area contributed by atoms with Gasteiger partial charge < -0.3 is 19.7 Å². The van der Waals surface area contributed by atoms with E-state index >= 15 is 0 Å². The summed E-state index contributed by atoms with van der Waals surface area (Å²) in [6.45, 7) is 6.16. The average molecular weight is 354 g/mol. The number of ether oxygens (including phenoxy) is 2. The molecule has 0 radical (unpaired) electrons. The molecule has 5 nitrogen and oxygen atoms in total. The minimum absolute atomic E-state index is 0.00920. The van der Waals surface area contributed by atoms with Crippen molar-refractivity contribution in [3.63, 3.8) is 0 Å². The second kappa shape index (κ2) is 8.23. The van der Waals surface area contributed by atoms with Crippen LogP contribution >= 0.6 is 0 Å². The topological polar surface area (TPSA) is 50.8 Å². The lowest BCUT2D eigenvalue weighted by molar-refractivity contribution is -0.136. The Morgan fingerprint density at radius 3 is 2.62 bits per heavy atom. The molecule has 3 rings (SSSR count). The van der Waals surface area contributed by atoms with Crippen molar-refractivity contribution in [3.8, 4) is 11.5 Å². The quantitative estimate of drug-likeness (QED) is 0.897. The van der Waals surface area contributed by atoms with Gasteiger partial charge >= 0.3 is 0 Å². The summed E-state index contributed by atoms with van der Waals surface area (Å²) in [7, 11) is 1.66. The summed E-state index contributed by atoms with van der Waals surface area (Å²) in [5, 5.41) is 3.37. The molecule has 0 bridgehead atoms. The summed E-state index contributed by atoms with van der Waals surface area (Å²) in [6.07, 6.45) is 0. The molecular formula is C21H26N2O3. The summed E-state index contributed by atoms with van der Waals surface area (Å²) in [5.74, 6) is 1.59. The molecule has 138 valence electrons. The predicted molar refractivity (Wildman–Crippen MR) is 102 cm³/mol. The first-order chi connectivity index (χ1) is 12.6. The van der Waals surface area contributed by atoms with Gasteiger partial charge in [-0.2, -0.15) is 0 Å². The Balaban J connectivity index is 1.76. The highest BCUT2D eigenvalue weighted by atomic mass is 16.5. The second-order valence-corrected chi connectivity index (χ2v) is 6.56. The van der Waals surface area contributed by atoms with Crippen molar-refractivity contribution in [2.75, 3.05) is 33.4 Å². The standard InChI is InChI=1S/C21H26N2O3/c1-15-7-6-8-16(2)21(15)26-14-20(24)23-12-11-22-13-18(23)17-9-4-5-10-19(17)25-3/h4-10,18,22H,11-14H2,1-3H3. The number of amides is 1. The van der Waals surface area contributed by atoms with E-state index < -0.39 is 0 Å². The zero-order valence-corrected chi connectivity index (χ0v) is 15.6. The van der Waals surface area contributed by atoms with Crippen molar-refractivity contribution in [2.45, 2.75) is 19.9 Å². The number of para-hydroxylation sites is 2. The van der Waals surface area contributed by atoms with Crippen LogP contribution in [0.3, 0.4) is 0 Å². The summed E-state index contributed by atoms with van der Waals surface area (Å²) in [6, 6.07) is 13.8. The molecule has 1 aliphatic rings. The van der Waals surface area contributed by atoms with E-state index in [9.17, 15) is 4.79 Å². The lowest BCUT2D eigenvalue weighted by atomic mass is 10.0. The van der Waals surface area contributed by atoms with Crippen LogP contribution in [0.5, 0.6) is 11.5 Å². The van der Waals surface area contributed by atoms with E-state index in [0.29, 0.717) is 13.1 Å². The monoisotopic (exact) mass is 354 g/mol. The van der Waals surface area contributed by atoms with Crippen LogP contribution in [-0.2, 0) is 4.79 Å². The van der Waals surface area contributed by atoms with E-state index in [1.54, 1.807) is 7.11 Å². The van der Waals surface area contributed by atoms with Crippen LogP contribution in [0.25, 0.3) is 0 Å². The van der Waals surface area contributed by atoms with Crippen LogP contribution in [0.15, 0.2) is 42.5 Å². The molecule has 2 aromatic rings. The number of hydrogen-bond donors (Lipinski definition) is 1. The molecule has 0 spiro atoms. The normalized spacial score (nSPS) is 17.0. The van der Waals surface area contributed by atoms with Crippen molar-refractivity contribution >= 4 is 5.91 Å². The Hall–Kier alpha value is -2.53. The first-order valence-corrected chi connectivity index (χ1v) is 8.94. The van der Waals surface area contributed by atoms with Crippen LogP contribution in [0.1, 0.15) is 22.7 Å². The summed E-state index contributed by atoms with van der Waals surface area (Å²) < 4.78 is 11.4. The molecule has 1 heterocycles. The minimum atomic E-state index is -0.0611. The number of hydrogen-bond acceptors (Lipinski definition) is 4. The molecule has 26 heavy (non-hydrogen) atoms. The van der Waals surface area contributed by atoms with Crippen molar-refractivity contribution in [1.82, 2.24) is 10.2 Å². The Morgan fingerprint density at radius 2 is 1.88 bits per heavy atom. The van der Waals surface area contributed by atoms with Gasteiger partial charge in [-0.05, 0) is 31.0 Å². The van der Waals surface area contributed by atoms with Gasteiger partial charge in [0.25, 0.3) is 5.91 Å². The molecule has 0 saturated carbocycles. The highest BCUT2D eigenvalue weighted by Gasteiger charge is 2.30. The van der Waals surface area contributed by atoms with Crippen LogP contribution in [0, 0.1) is 13.8 Å². The molecule has 0 aliphatic carbocycles. The van der Waals surface area contributed by atoms with Crippen LogP contribution in [0.4, 0.5) is 0 Å². The van der Waals surface area contributed by atoms with Crippen molar-refractivity contribution < 1.29 is 14.3 Å².